The molecule has 0 fully saturated rings. The maximum atomic E-state index is 12.6. The van der Waals surface area contributed by atoms with E-state index in [2.05, 4.69) is 16.0 Å². The summed E-state index contributed by atoms with van der Waals surface area (Å²) in [4.78, 5) is 24.9. The van der Waals surface area contributed by atoms with Gasteiger partial charge >= 0.3 is 6.03 Å². The largest absolute Gasteiger partial charge is 0.326 e. The van der Waals surface area contributed by atoms with Crippen LogP contribution in [0.25, 0.3) is 0 Å². The van der Waals surface area contributed by atoms with Crippen molar-refractivity contribution < 1.29 is 18.0 Å². The third-order valence-corrected chi connectivity index (χ3v) is 4.91. The minimum atomic E-state index is -3.38. The average molecular weight is 389 g/mol. The van der Waals surface area contributed by atoms with Crippen molar-refractivity contribution in [1.29, 1.82) is 0 Å². The third-order valence-electron chi connectivity index (χ3n) is 3.80. The fourth-order valence-electron chi connectivity index (χ4n) is 2.39. The summed E-state index contributed by atoms with van der Waals surface area (Å²) in [5, 5.41) is 7.97. The van der Waals surface area contributed by atoms with Crippen LogP contribution in [-0.4, -0.2) is 32.7 Å². The molecule has 0 aliphatic heterocycles. The van der Waals surface area contributed by atoms with Gasteiger partial charge in [-0.15, -0.1) is 0 Å². The van der Waals surface area contributed by atoms with Crippen molar-refractivity contribution in [2.24, 2.45) is 5.92 Å². The Bertz CT molecular complexity index is 912. The highest BCUT2D eigenvalue weighted by Gasteiger charge is 2.24. The van der Waals surface area contributed by atoms with Gasteiger partial charge < -0.3 is 16.0 Å². The fraction of sp³-hybridized carbons (Fsp3) is 0.263. The molecule has 0 aliphatic carbocycles. The number of para-hydroxylation sites is 1. The Hall–Kier alpha value is -2.87. The van der Waals surface area contributed by atoms with Crippen molar-refractivity contribution in [1.82, 2.24) is 5.32 Å². The lowest BCUT2D eigenvalue weighted by Gasteiger charge is -2.22. The molecule has 0 saturated heterocycles. The fourth-order valence-corrected chi connectivity index (χ4v) is 3.06. The summed E-state index contributed by atoms with van der Waals surface area (Å²) in [6, 6.07) is 13.6. The molecule has 3 N–H and O–H groups in total. The smallest absolute Gasteiger partial charge is 0.319 e. The van der Waals surface area contributed by atoms with Crippen molar-refractivity contribution in [3.63, 3.8) is 0 Å². The van der Waals surface area contributed by atoms with Crippen LogP contribution in [0.3, 0.4) is 0 Å². The lowest BCUT2D eigenvalue weighted by Crippen LogP contribution is -2.48. The first-order chi connectivity index (χ1) is 12.7. The maximum absolute atomic E-state index is 12.6. The summed E-state index contributed by atoms with van der Waals surface area (Å²) < 4.78 is 23.3. The molecule has 0 aromatic heterocycles. The van der Waals surface area contributed by atoms with Crippen LogP contribution in [0.1, 0.15) is 13.8 Å². The summed E-state index contributed by atoms with van der Waals surface area (Å²) in [6.45, 7) is 3.61. The normalized spacial score (nSPS) is 12.3. The van der Waals surface area contributed by atoms with E-state index in [0.717, 1.165) is 6.26 Å². The van der Waals surface area contributed by atoms with Gasteiger partial charge in [0.05, 0.1) is 4.90 Å². The summed E-state index contributed by atoms with van der Waals surface area (Å²) >= 11 is 0. The van der Waals surface area contributed by atoms with Gasteiger partial charge in [0.2, 0.25) is 5.91 Å². The SMILES string of the molecule is CC(C)[C@H](NC(=O)Nc1ccccc1)C(=O)Nc1cccc(S(C)(=O)=O)c1. The van der Waals surface area contributed by atoms with Crippen LogP contribution >= 0.6 is 0 Å². The summed E-state index contributed by atoms with van der Waals surface area (Å²) in [5.74, 6) is -0.608. The second kappa shape index (κ2) is 8.68. The summed E-state index contributed by atoms with van der Waals surface area (Å²) in [5.41, 5.74) is 0.956. The minimum Gasteiger partial charge on any atom is -0.326 e. The molecular weight excluding hydrogens is 366 g/mol. The first-order valence-corrected chi connectivity index (χ1v) is 10.3. The van der Waals surface area contributed by atoms with Gasteiger partial charge in [-0.3, -0.25) is 4.79 Å². The number of anilines is 2. The molecule has 0 bridgehead atoms. The molecule has 0 heterocycles. The number of hydrogen-bond donors (Lipinski definition) is 3. The Balaban J connectivity index is 2.08. The molecule has 2 aromatic rings. The van der Waals surface area contributed by atoms with Gasteiger partial charge in [0.1, 0.15) is 6.04 Å². The highest BCUT2D eigenvalue weighted by molar-refractivity contribution is 7.90. The molecule has 27 heavy (non-hydrogen) atoms. The van der Waals surface area contributed by atoms with E-state index in [0.29, 0.717) is 11.4 Å². The van der Waals surface area contributed by atoms with Gasteiger partial charge in [-0.05, 0) is 36.2 Å². The summed E-state index contributed by atoms with van der Waals surface area (Å²) in [6.07, 6.45) is 1.10. The zero-order chi connectivity index (χ0) is 20.0. The van der Waals surface area contributed by atoms with Crippen molar-refractivity contribution in [2.45, 2.75) is 24.8 Å². The highest BCUT2D eigenvalue weighted by atomic mass is 32.2. The van der Waals surface area contributed by atoms with Crippen molar-refractivity contribution >= 4 is 33.2 Å². The molecule has 2 aromatic carbocycles. The molecule has 0 radical (unpaired) electrons. The Morgan fingerprint density at radius 3 is 2.11 bits per heavy atom. The van der Waals surface area contributed by atoms with Crippen LogP contribution < -0.4 is 16.0 Å². The molecule has 3 amide bonds. The Morgan fingerprint density at radius 2 is 1.52 bits per heavy atom. The average Bonchev–Trinajstić information content (AvgIpc) is 2.59. The predicted molar refractivity (Wildman–Crippen MR) is 105 cm³/mol. The molecular formula is C19H23N3O4S. The zero-order valence-electron chi connectivity index (χ0n) is 15.4. The van der Waals surface area contributed by atoms with Crippen molar-refractivity contribution in [3.8, 4) is 0 Å². The number of carbonyl (C=O) groups excluding carboxylic acids is 2. The second-order valence-electron chi connectivity index (χ2n) is 6.48. The van der Waals surface area contributed by atoms with Gasteiger partial charge in [0, 0.05) is 17.6 Å². The Labute approximate surface area is 159 Å². The molecule has 1 atom stereocenters. The van der Waals surface area contributed by atoms with Crippen LogP contribution in [0.2, 0.25) is 0 Å². The first kappa shape index (κ1) is 20.4. The summed E-state index contributed by atoms with van der Waals surface area (Å²) in [7, 11) is -3.38. The molecule has 8 heteroatoms. The second-order valence-corrected chi connectivity index (χ2v) is 8.49. The molecule has 0 saturated carbocycles. The lowest BCUT2D eigenvalue weighted by atomic mass is 10.0. The van der Waals surface area contributed by atoms with Gasteiger partial charge in [-0.1, -0.05) is 38.1 Å². The van der Waals surface area contributed by atoms with E-state index in [9.17, 15) is 18.0 Å². The number of amides is 3. The highest BCUT2D eigenvalue weighted by Crippen LogP contribution is 2.16. The standard InChI is InChI=1S/C19H23N3O4S/c1-13(2)17(22-19(24)21-14-8-5-4-6-9-14)18(23)20-15-10-7-11-16(12-15)27(3,25)26/h4-13,17H,1-3H3,(H,20,23)(H2,21,22,24)/t17-/m0/s1. The molecule has 0 aliphatic rings. The molecule has 0 spiro atoms. The lowest BCUT2D eigenvalue weighted by molar-refractivity contribution is -0.118. The first-order valence-electron chi connectivity index (χ1n) is 8.40. The van der Waals surface area contributed by atoms with Crippen LogP contribution in [0.15, 0.2) is 59.5 Å². The minimum absolute atomic E-state index is 0.108. The van der Waals surface area contributed by atoms with Crippen LogP contribution in [0.5, 0.6) is 0 Å². The van der Waals surface area contributed by atoms with Gasteiger partial charge in [-0.2, -0.15) is 0 Å². The number of nitrogens with one attached hydrogen (secondary N) is 3. The topological polar surface area (TPSA) is 104 Å². The van der Waals surface area contributed by atoms with E-state index in [1.54, 1.807) is 50.2 Å². The monoisotopic (exact) mass is 389 g/mol. The van der Waals surface area contributed by atoms with E-state index in [1.165, 1.54) is 12.1 Å². The number of rotatable bonds is 6. The van der Waals surface area contributed by atoms with E-state index >= 15 is 0 Å². The number of urea groups is 1. The van der Waals surface area contributed by atoms with Crippen LogP contribution in [0, 0.1) is 5.92 Å². The van der Waals surface area contributed by atoms with E-state index < -0.39 is 27.8 Å². The zero-order valence-corrected chi connectivity index (χ0v) is 16.2. The number of benzene rings is 2. The van der Waals surface area contributed by atoms with Gasteiger partial charge in [0.15, 0.2) is 9.84 Å². The maximum Gasteiger partial charge on any atom is 0.319 e. The van der Waals surface area contributed by atoms with Crippen LogP contribution in [-0.2, 0) is 14.6 Å². The van der Waals surface area contributed by atoms with Crippen molar-refractivity contribution in [2.75, 3.05) is 16.9 Å². The molecule has 2 rings (SSSR count). The molecule has 144 valence electrons. The third kappa shape index (κ3) is 6.10. The van der Waals surface area contributed by atoms with E-state index in [4.69, 9.17) is 0 Å². The van der Waals surface area contributed by atoms with Crippen LogP contribution in [0.4, 0.5) is 16.2 Å². The number of carbonyl (C=O) groups is 2. The number of sulfone groups is 1. The van der Waals surface area contributed by atoms with Gasteiger partial charge in [-0.25, -0.2) is 13.2 Å². The van der Waals surface area contributed by atoms with E-state index in [-0.39, 0.29) is 10.8 Å². The van der Waals surface area contributed by atoms with Gasteiger partial charge in [0.25, 0.3) is 0 Å². The number of hydrogen-bond acceptors (Lipinski definition) is 4. The Kier molecular flexibility index (Phi) is 6.57. The quantitative estimate of drug-likeness (QED) is 0.706. The molecule has 7 nitrogen and oxygen atoms in total. The molecule has 0 unspecified atom stereocenters. The van der Waals surface area contributed by atoms with Crippen molar-refractivity contribution in [3.05, 3.63) is 54.6 Å². The predicted octanol–water partition coefficient (Wildman–Crippen LogP) is 2.87. The Morgan fingerprint density at radius 1 is 0.889 bits per heavy atom. The van der Waals surface area contributed by atoms with E-state index in [1.807, 2.05) is 6.07 Å².